The van der Waals surface area contributed by atoms with E-state index in [4.69, 9.17) is 0 Å². The van der Waals surface area contributed by atoms with Crippen molar-refractivity contribution >= 4 is 23.3 Å². The van der Waals surface area contributed by atoms with Crippen LogP contribution in [0.3, 0.4) is 0 Å². The maximum atomic E-state index is 13.4. The van der Waals surface area contributed by atoms with Crippen molar-refractivity contribution < 1.29 is 9.59 Å². The Balaban J connectivity index is 1.57. The maximum Gasteiger partial charge on any atom is 0.324 e. The number of nitrogens with zero attached hydrogens (tertiary/aromatic N) is 2. The van der Waals surface area contributed by atoms with Gasteiger partial charge in [-0.15, -0.1) is 0 Å². The molecule has 3 aromatic rings. The van der Waals surface area contributed by atoms with Crippen LogP contribution in [0.15, 0.2) is 66.7 Å². The molecule has 4 rings (SSSR count). The Hall–Kier alpha value is -3.60. The Morgan fingerprint density at radius 3 is 2.44 bits per heavy atom. The average Bonchev–Trinajstić information content (AvgIpc) is 2.79. The first-order valence-electron chi connectivity index (χ1n) is 11.0. The van der Waals surface area contributed by atoms with Crippen LogP contribution in [-0.2, 0) is 6.54 Å². The van der Waals surface area contributed by atoms with Crippen LogP contribution in [0.4, 0.5) is 16.2 Å². The number of carbonyl (C=O) groups excluding carboxylic acids is 2. The highest BCUT2D eigenvalue weighted by Gasteiger charge is 2.28. The van der Waals surface area contributed by atoms with Gasteiger partial charge >= 0.3 is 6.03 Å². The molecule has 1 saturated heterocycles. The van der Waals surface area contributed by atoms with E-state index in [9.17, 15) is 9.59 Å². The first-order chi connectivity index (χ1) is 15.4. The van der Waals surface area contributed by atoms with E-state index in [1.165, 1.54) is 11.1 Å². The Morgan fingerprint density at radius 1 is 0.906 bits per heavy atom. The Labute approximate surface area is 189 Å². The predicted octanol–water partition coefficient (Wildman–Crippen LogP) is 5.70. The zero-order chi connectivity index (χ0) is 22.7. The maximum absolute atomic E-state index is 13.4. The Morgan fingerprint density at radius 2 is 1.69 bits per heavy atom. The average molecular weight is 428 g/mol. The van der Waals surface area contributed by atoms with Gasteiger partial charge in [0.15, 0.2) is 0 Å². The standard InChI is InChI=1S/C27H29N3O2/c1-19-10-13-25(24(16-19)28-26(31)23-8-5-4-6-9-23)30-15-7-14-29(27(30)32)18-22-12-11-20(2)21(3)17-22/h4-6,8-13,16-17H,7,14-15,18H2,1-3H3,(H,28,31). The highest BCUT2D eigenvalue weighted by Crippen LogP contribution is 2.31. The van der Waals surface area contributed by atoms with Crippen LogP contribution in [0.5, 0.6) is 0 Å². The summed E-state index contributed by atoms with van der Waals surface area (Å²) in [4.78, 5) is 29.9. The van der Waals surface area contributed by atoms with E-state index in [0.29, 0.717) is 24.3 Å². The van der Waals surface area contributed by atoms with Crippen molar-refractivity contribution in [3.8, 4) is 0 Å². The third-order valence-corrected chi connectivity index (χ3v) is 5.98. The van der Waals surface area contributed by atoms with E-state index in [0.717, 1.165) is 29.8 Å². The van der Waals surface area contributed by atoms with Gasteiger partial charge in [-0.1, -0.05) is 42.5 Å². The lowest BCUT2D eigenvalue weighted by molar-refractivity contribution is 0.102. The molecule has 1 aliphatic heterocycles. The lowest BCUT2D eigenvalue weighted by Crippen LogP contribution is -2.49. The van der Waals surface area contributed by atoms with Gasteiger partial charge in [0.2, 0.25) is 0 Å². The van der Waals surface area contributed by atoms with Crippen molar-refractivity contribution in [1.29, 1.82) is 0 Å². The van der Waals surface area contributed by atoms with Crippen molar-refractivity contribution in [2.24, 2.45) is 0 Å². The molecule has 5 nitrogen and oxygen atoms in total. The number of carbonyl (C=O) groups is 2. The lowest BCUT2D eigenvalue weighted by Gasteiger charge is -2.36. The Bertz CT molecular complexity index is 1140. The molecule has 0 aromatic heterocycles. The summed E-state index contributed by atoms with van der Waals surface area (Å²) in [5, 5.41) is 3.01. The quantitative estimate of drug-likeness (QED) is 0.568. The van der Waals surface area contributed by atoms with Crippen molar-refractivity contribution in [1.82, 2.24) is 4.90 Å². The van der Waals surface area contributed by atoms with Crippen molar-refractivity contribution in [2.75, 3.05) is 23.3 Å². The zero-order valence-corrected chi connectivity index (χ0v) is 18.9. The van der Waals surface area contributed by atoms with Gasteiger partial charge in [-0.05, 0) is 73.7 Å². The molecule has 5 heteroatoms. The molecular weight excluding hydrogens is 398 g/mol. The summed E-state index contributed by atoms with van der Waals surface area (Å²) in [5.41, 5.74) is 6.60. The number of rotatable bonds is 5. The van der Waals surface area contributed by atoms with Crippen LogP contribution in [0.1, 0.15) is 39.0 Å². The predicted molar refractivity (Wildman–Crippen MR) is 129 cm³/mol. The summed E-state index contributed by atoms with van der Waals surface area (Å²) in [5.74, 6) is -0.186. The van der Waals surface area contributed by atoms with Crippen LogP contribution in [-0.4, -0.2) is 29.9 Å². The number of aryl methyl sites for hydroxylation is 3. The van der Waals surface area contributed by atoms with Gasteiger partial charge in [0.05, 0.1) is 11.4 Å². The van der Waals surface area contributed by atoms with Gasteiger partial charge < -0.3 is 10.2 Å². The molecule has 3 amide bonds. The zero-order valence-electron chi connectivity index (χ0n) is 18.9. The van der Waals surface area contributed by atoms with Gasteiger partial charge in [-0.25, -0.2) is 4.79 Å². The molecule has 0 aliphatic carbocycles. The summed E-state index contributed by atoms with van der Waals surface area (Å²) in [6.07, 6.45) is 0.872. The second-order valence-electron chi connectivity index (χ2n) is 8.47. The summed E-state index contributed by atoms with van der Waals surface area (Å²) in [7, 11) is 0. The first kappa shape index (κ1) is 21.6. The summed E-state index contributed by atoms with van der Waals surface area (Å²) < 4.78 is 0. The van der Waals surface area contributed by atoms with E-state index in [2.05, 4.69) is 37.4 Å². The monoisotopic (exact) mass is 427 g/mol. The fourth-order valence-corrected chi connectivity index (χ4v) is 4.04. The smallest absolute Gasteiger partial charge is 0.320 e. The van der Waals surface area contributed by atoms with Crippen LogP contribution in [0, 0.1) is 20.8 Å². The molecule has 3 aromatic carbocycles. The van der Waals surface area contributed by atoms with Crippen LogP contribution < -0.4 is 10.2 Å². The van der Waals surface area contributed by atoms with Gasteiger partial charge in [0.1, 0.15) is 0 Å². The highest BCUT2D eigenvalue weighted by molar-refractivity contribution is 6.07. The highest BCUT2D eigenvalue weighted by atomic mass is 16.2. The number of nitrogens with one attached hydrogen (secondary N) is 1. The third kappa shape index (κ3) is 4.67. The minimum atomic E-state index is -0.186. The molecule has 1 aliphatic rings. The van der Waals surface area contributed by atoms with E-state index in [-0.39, 0.29) is 11.9 Å². The summed E-state index contributed by atoms with van der Waals surface area (Å²) >= 11 is 0. The number of hydrogen-bond acceptors (Lipinski definition) is 2. The van der Waals surface area contributed by atoms with Crippen LogP contribution >= 0.6 is 0 Å². The summed E-state index contributed by atoms with van der Waals surface area (Å²) in [6.45, 7) is 8.09. The molecule has 0 unspecified atom stereocenters. The minimum Gasteiger partial charge on any atom is -0.320 e. The number of amides is 3. The fourth-order valence-electron chi connectivity index (χ4n) is 4.04. The van der Waals surface area contributed by atoms with Crippen molar-refractivity contribution in [3.05, 3.63) is 94.5 Å². The first-order valence-corrected chi connectivity index (χ1v) is 11.0. The fraction of sp³-hybridized carbons (Fsp3) is 0.259. The number of hydrogen-bond donors (Lipinski definition) is 1. The normalized spacial score (nSPS) is 13.9. The SMILES string of the molecule is Cc1ccc(N2CCCN(Cc3ccc(C)c(C)c3)C2=O)c(NC(=O)c2ccccc2)c1. The largest absolute Gasteiger partial charge is 0.324 e. The van der Waals surface area contributed by atoms with Crippen molar-refractivity contribution in [3.63, 3.8) is 0 Å². The molecule has 0 atom stereocenters. The van der Waals surface area contributed by atoms with Gasteiger partial charge in [0, 0.05) is 25.2 Å². The van der Waals surface area contributed by atoms with Gasteiger partial charge in [-0.2, -0.15) is 0 Å². The lowest BCUT2D eigenvalue weighted by atomic mass is 10.1. The molecule has 1 fully saturated rings. The van der Waals surface area contributed by atoms with E-state index in [1.807, 2.05) is 48.2 Å². The van der Waals surface area contributed by atoms with E-state index >= 15 is 0 Å². The van der Waals surface area contributed by atoms with Crippen LogP contribution in [0.25, 0.3) is 0 Å². The van der Waals surface area contributed by atoms with E-state index in [1.54, 1.807) is 17.0 Å². The van der Waals surface area contributed by atoms with Gasteiger partial charge in [-0.3, -0.25) is 9.69 Å². The second-order valence-corrected chi connectivity index (χ2v) is 8.47. The molecule has 1 N–H and O–H groups in total. The molecule has 164 valence electrons. The minimum absolute atomic E-state index is 0.0338. The molecule has 0 bridgehead atoms. The number of urea groups is 1. The third-order valence-electron chi connectivity index (χ3n) is 5.98. The number of benzene rings is 3. The molecule has 0 radical (unpaired) electrons. The topological polar surface area (TPSA) is 52.6 Å². The van der Waals surface area contributed by atoms with Crippen molar-refractivity contribution in [2.45, 2.75) is 33.7 Å². The van der Waals surface area contributed by atoms with Crippen LogP contribution in [0.2, 0.25) is 0 Å². The summed E-state index contributed by atoms with van der Waals surface area (Å²) in [6, 6.07) is 21.3. The molecular formula is C27H29N3O2. The molecule has 32 heavy (non-hydrogen) atoms. The van der Waals surface area contributed by atoms with Gasteiger partial charge in [0.25, 0.3) is 5.91 Å². The molecule has 0 saturated carbocycles. The Kier molecular flexibility index (Phi) is 6.26. The second kappa shape index (κ2) is 9.27. The molecule has 0 spiro atoms. The van der Waals surface area contributed by atoms with E-state index < -0.39 is 0 Å². The molecule has 1 heterocycles. The number of anilines is 2.